The van der Waals surface area contributed by atoms with Crippen molar-refractivity contribution in [2.75, 3.05) is 6.54 Å². The second kappa shape index (κ2) is 8.14. The summed E-state index contributed by atoms with van der Waals surface area (Å²) in [5.74, 6) is 0.695. The van der Waals surface area contributed by atoms with Gasteiger partial charge in [0.05, 0.1) is 0 Å². The number of hydrogen-bond acceptors (Lipinski definition) is 4. The zero-order chi connectivity index (χ0) is 19.5. The average molecular weight is 400 g/mol. The van der Waals surface area contributed by atoms with E-state index in [1.807, 2.05) is 28.8 Å². The molecule has 0 unspecified atom stereocenters. The molecule has 146 valence electrons. The van der Waals surface area contributed by atoms with Crippen molar-refractivity contribution in [3.05, 3.63) is 57.4 Å². The van der Waals surface area contributed by atoms with Crippen molar-refractivity contribution in [1.29, 1.82) is 0 Å². The number of imidazole rings is 1. The van der Waals surface area contributed by atoms with Crippen LogP contribution in [0.5, 0.6) is 0 Å². The van der Waals surface area contributed by atoms with Gasteiger partial charge in [0.25, 0.3) is 5.56 Å². The van der Waals surface area contributed by atoms with E-state index in [9.17, 15) is 9.59 Å². The van der Waals surface area contributed by atoms with Crippen molar-refractivity contribution in [2.24, 2.45) is 0 Å². The summed E-state index contributed by atoms with van der Waals surface area (Å²) in [6, 6.07) is 7.51. The highest BCUT2D eigenvalue weighted by molar-refractivity contribution is 6.30. The highest BCUT2D eigenvalue weighted by atomic mass is 35.5. The van der Waals surface area contributed by atoms with Crippen molar-refractivity contribution in [1.82, 2.24) is 24.4 Å². The van der Waals surface area contributed by atoms with E-state index < -0.39 is 0 Å². The highest BCUT2D eigenvalue weighted by Gasteiger charge is 2.18. The third-order valence-electron chi connectivity index (χ3n) is 5.05. The number of fused-ring (bicyclic) bond motifs is 3. The number of carbonyl (C=O) groups is 1. The molecule has 0 spiro atoms. The molecule has 0 fully saturated rings. The summed E-state index contributed by atoms with van der Waals surface area (Å²) in [6.07, 6.45) is 6.32. The normalized spacial score (nSPS) is 13.9. The fourth-order valence-electron chi connectivity index (χ4n) is 3.55. The molecular formula is C20H22ClN5O2. The Balaban J connectivity index is 1.42. The van der Waals surface area contributed by atoms with Crippen molar-refractivity contribution >= 4 is 28.7 Å². The molecule has 0 atom stereocenters. The molecule has 3 aromatic rings. The quantitative estimate of drug-likeness (QED) is 0.713. The SMILES string of the molecule is O=C(Cn1cnc2c(nc3n2CCCCC3)c1=O)NCCc1ccc(Cl)cc1. The first kappa shape index (κ1) is 18.7. The van der Waals surface area contributed by atoms with Gasteiger partial charge in [0.15, 0.2) is 11.2 Å². The molecule has 0 saturated carbocycles. The van der Waals surface area contributed by atoms with Crippen LogP contribution in [0.1, 0.15) is 30.7 Å². The Bertz CT molecular complexity index is 1050. The van der Waals surface area contributed by atoms with Gasteiger partial charge in [-0.3, -0.25) is 14.2 Å². The highest BCUT2D eigenvalue weighted by Crippen LogP contribution is 2.18. The lowest BCUT2D eigenvalue weighted by Gasteiger charge is -2.08. The van der Waals surface area contributed by atoms with E-state index in [1.165, 1.54) is 10.9 Å². The maximum Gasteiger partial charge on any atom is 0.282 e. The minimum Gasteiger partial charge on any atom is -0.354 e. The van der Waals surface area contributed by atoms with Crippen LogP contribution in [0.25, 0.3) is 11.2 Å². The van der Waals surface area contributed by atoms with Gasteiger partial charge in [0.2, 0.25) is 5.91 Å². The Morgan fingerprint density at radius 2 is 2.00 bits per heavy atom. The van der Waals surface area contributed by atoms with E-state index in [2.05, 4.69) is 15.3 Å². The van der Waals surface area contributed by atoms with Gasteiger partial charge < -0.3 is 9.88 Å². The smallest absolute Gasteiger partial charge is 0.282 e. The molecule has 1 aliphatic heterocycles. The van der Waals surface area contributed by atoms with Crippen molar-refractivity contribution in [3.63, 3.8) is 0 Å². The summed E-state index contributed by atoms with van der Waals surface area (Å²) in [6.45, 7) is 1.27. The van der Waals surface area contributed by atoms with Crippen molar-refractivity contribution in [2.45, 2.75) is 45.2 Å². The van der Waals surface area contributed by atoms with Crippen LogP contribution in [-0.4, -0.2) is 31.6 Å². The van der Waals surface area contributed by atoms with E-state index >= 15 is 0 Å². The van der Waals surface area contributed by atoms with Crippen molar-refractivity contribution in [3.8, 4) is 0 Å². The maximum atomic E-state index is 12.7. The van der Waals surface area contributed by atoms with Crippen molar-refractivity contribution < 1.29 is 4.79 Å². The Hall–Kier alpha value is -2.67. The lowest BCUT2D eigenvalue weighted by atomic mass is 10.1. The van der Waals surface area contributed by atoms with E-state index in [0.717, 1.165) is 43.6 Å². The van der Waals surface area contributed by atoms with Gasteiger partial charge in [-0.1, -0.05) is 30.2 Å². The first-order valence-electron chi connectivity index (χ1n) is 9.57. The molecule has 0 bridgehead atoms. The summed E-state index contributed by atoms with van der Waals surface area (Å²) >= 11 is 5.87. The van der Waals surface area contributed by atoms with Crippen LogP contribution in [0.2, 0.25) is 5.02 Å². The fourth-order valence-corrected chi connectivity index (χ4v) is 3.68. The predicted octanol–water partition coefficient (Wildman–Crippen LogP) is 2.33. The van der Waals surface area contributed by atoms with E-state index in [-0.39, 0.29) is 18.0 Å². The van der Waals surface area contributed by atoms with Crippen LogP contribution >= 0.6 is 11.6 Å². The van der Waals surface area contributed by atoms with Crippen LogP contribution < -0.4 is 10.9 Å². The number of aryl methyl sites for hydroxylation is 2. The second-order valence-electron chi connectivity index (χ2n) is 7.07. The van der Waals surface area contributed by atoms with E-state index in [4.69, 9.17) is 11.6 Å². The number of benzene rings is 1. The molecule has 1 N–H and O–H groups in total. The molecular weight excluding hydrogens is 378 g/mol. The topological polar surface area (TPSA) is 81.8 Å². The van der Waals surface area contributed by atoms with Gasteiger partial charge in [-0.05, 0) is 37.0 Å². The lowest BCUT2D eigenvalue weighted by Crippen LogP contribution is -2.33. The van der Waals surface area contributed by atoms with E-state index in [0.29, 0.717) is 29.2 Å². The minimum absolute atomic E-state index is 0.0649. The summed E-state index contributed by atoms with van der Waals surface area (Å²) < 4.78 is 3.37. The van der Waals surface area contributed by atoms with Gasteiger partial charge in [-0.15, -0.1) is 0 Å². The summed E-state index contributed by atoms with van der Waals surface area (Å²) in [7, 11) is 0. The Morgan fingerprint density at radius 3 is 2.82 bits per heavy atom. The van der Waals surface area contributed by atoms with Crippen LogP contribution in [-0.2, 0) is 30.7 Å². The predicted molar refractivity (Wildman–Crippen MR) is 108 cm³/mol. The van der Waals surface area contributed by atoms with Crippen LogP contribution in [0, 0.1) is 0 Å². The van der Waals surface area contributed by atoms with Gasteiger partial charge in [-0.25, -0.2) is 9.97 Å². The Morgan fingerprint density at radius 1 is 1.18 bits per heavy atom. The molecule has 28 heavy (non-hydrogen) atoms. The second-order valence-corrected chi connectivity index (χ2v) is 7.50. The van der Waals surface area contributed by atoms with Crippen LogP contribution in [0.15, 0.2) is 35.4 Å². The Kier molecular flexibility index (Phi) is 5.43. The molecule has 1 aromatic carbocycles. The van der Waals surface area contributed by atoms with E-state index in [1.54, 1.807) is 0 Å². The molecule has 7 nitrogen and oxygen atoms in total. The lowest BCUT2D eigenvalue weighted by molar-refractivity contribution is -0.121. The monoisotopic (exact) mass is 399 g/mol. The average Bonchev–Trinajstić information content (AvgIpc) is 2.88. The number of rotatable bonds is 5. The van der Waals surface area contributed by atoms with Gasteiger partial charge in [0.1, 0.15) is 18.7 Å². The number of halogens is 1. The molecule has 0 saturated heterocycles. The first-order chi connectivity index (χ1) is 13.6. The van der Waals surface area contributed by atoms with Gasteiger partial charge >= 0.3 is 0 Å². The maximum absolute atomic E-state index is 12.7. The number of aromatic nitrogens is 4. The largest absolute Gasteiger partial charge is 0.354 e. The number of nitrogens with one attached hydrogen (secondary N) is 1. The Labute approximate surface area is 167 Å². The fraction of sp³-hybridized carbons (Fsp3) is 0.400. The van der Waals surface area contributed by atoms with Crippen LogP contribution in [0.3, 0.4) is 0 Å². The summed E-state index contributed by atoms with van der Waals surface area (Å²) in [4.78, 5) is 33.9. The molecule has 0 aliphatic carbocycles. The minimum atomic E-state index is -0.265. The third-order valence-corrected chi connectivity index (χ3v) is 5.30. The number of hydrogen-bond donors (Lipinski definition) is 1. The molecule has 8 heteroatoms. The summed E-state index contributed by atoms with van der Waals surface area (Å²) in [5.41, 5.74) is 1.80. The van der Waals surface area contributed by atoms with Gasteiger partial charge in [-0.2, -0.15) is 0 Å². The molecule has 1 amide bonds. The molecule has 2 aromatic heterocycles. The number of amides is 1. The van der Waals surface area contributed by atoms with Gasteiger partial charge in [0, 0.05) is 24.5 Å². The standard InChI is InChI=1S/C20H22ClN5O2/c21-15-7-5-14(6-8-15)9-10-22-17(27)12-25-13-23-19-18(20(25)28)24-16-4-2-1-3-11-26(16)19/h5-8,13H,1-4,9-12H2,(H,22,27). The molecule has 3 heterocycles. The third kappa shape index (κ3) is 3.94. The number of carbonyl (C=O) groups excluding carboxylic acids is 1. The zero-order valence-electron chi connectivity index (χ0n) is 15.5. The molecule has 0 radical (unpaired) electrons. The number of nitrogens with zero attached hydrogens (tertiary/aromatic N) is 4. The zero-order valence-corrected chi connectivity index (χ0v) is 16.3. The molecule has 4 rings (SSSR count). The first-order valence-corrected chi connectivity index (χ1v) is 9.95. The molecule has 1 aliphatic rings. The summed E-state index contributed by atoms with van der Waals surface area (Å²) in [5, 5.41) is 3.53. The van der Waals surface area contributed by atoms with Crippen LogP contribution in [0.4, 0.5) is 0 Å².